The largest absolute Gasteiger partial charge is 0.342 e. The third-order valence-corrected chi connectivity index (χ3v) is 3.36. The van der Waals surface area contributed by atoms with Crippen molar-refractivity contribution in [2.45, 2.75) is 19.9 Å². The minimum absolute atomic E-state index is 0.125. The summed E-state index contributed by atoms with van der Waals surface area (Å²) in [5.41, 5.74) is 2.41. The Morgan fingerprint density at radius 2 is 2.29 bits per heavy atom. The van der Waals surface area contributed by atoms with Crippen LogP contribution >= 0.6 is 11.3 Å². The van der Waals surface area contributed by atoms with Gasteiger partial charge in [-0.05, 0) is 13.8 Å². The highest BCUT2D eigenvalue weighted by Gasteiger charge is 2.17. The SMILES string of the molecule is Cc1ncsc1C(=O)NC(C)c1ncnn1C. The van der Waals surface area contributed by atoms with E-state index in [9.17, 15) is 4.79 Å². The molecule has 2 rings (SSSR count). The van der Waals surface area contributed by atoms with E-state index in [0.29, 0.717) is 4.88 Å². The summed E-state index contributed by atoms with van der Waals surface area (Å²) < 4.78 is 1.64. The van der Waals surface area contributed by atoms with Crippen LogP contribution in [0.3, 0.4) is 0 Å². The molecule has 1 amide bonds. The fourth-order valence-corrected chi connectivity index (χ4v) is 2.25. The average molecular weight is 251 g/mol. The zero-order valence-electron chi connectivity index (χ0n) is 9.84. The highest BCUT2D eigenvalue weighted by molar-refractivity contribution is 7.11. The molecular formula is C10H13N5OS. The molecule has 7 heteroatoms. The quantitative estimate of drug-likeness (QED) is 0.885. The first kappa shape index (κ1) is 11.7. The number of rotatable bonds is 3. The Morgan fingerprint density at radius 1 is 1.53 bits per heavy atom. The van der Waals surface area contributed by atoms with Crippen molar-refractivity contribution in [2.75, 3.05) is 0 Å². The molecule has 0 saturated heterocycles. The summed E-state index contributed by atoms with van der Waals surface area (Å²) in [6, 6.07) is -0.184. The molecule has 0 bridgehead atoms. The van der Waals surface area contributed by atoms with Crippen molar-refractivity contribution in [3.63, 3.8) is 0 Å². The normalized spacial score (nSPS) is 12.4. The van der Waals surface area contributed by atoms with Crippen molar-refractivity contribution >= 4 is 17.2 Å². The van der Waals surface area contributed by atoms with Gasteiger partial charge in [0, 0.05) is 7.05 Å². The van der Waals surface area contributed by atoms with Crippen molar-refractivity contribution in [1.82, 2.24) is 25.1 Å². The zero-order chi connectivity index (χ0) is 12.4. The molecular weight excluding hydrogens is 238 g/mol. The van der Waals surface area contributed by atoms with Crippen LogP contribution in [0.2, 0.25) is 0 Å². The van der Waals surface area contributed by atoms with Gasteiger partial charge in [0.2, 0.25) is 0 Å². The van der Waals surface area contributed by atoms with Gasteiger partial charge in [-0.25, -0.2) is 9.97 Å². The third-order valence-electron chi connectivity index (χ3n) is 2.43. The lowest BCUT2D eigenvalue weighted by atomic mass is 10.3. The van der Waals surface area contributed by atoms with Gasteiger partial charge in [-0.3, -0.25) is 9.48 Å². The van der Waals surface area contributed by atoms with Gasteiger partial charge >= 0.3 is 0 Å². The molecule has 0 aliphatic carbocycles. The molecule has 0 aliphatic heterocycles. The van der Waals surface area contributed by atoms with E-state index in [0.717, 1.165) is 11.5 Å². The molecule has 1 atom stereocenters. The van der Waals surface area contributed by atoms with Gasteiger partial charge < -0.3 is 5.32 Å². The van der Waals surface area contributed by atoms with Crippen LogP contribution in [0.15, 0.2) is 11.8 Å². The monoisotopic (exact) mass is 251 g/mol. The molecule has 6 nitrogen and oxygen atoms in total. The summed E-state index contributed by atoms with van der Waals surface area (Å²) in [6.45, 7) is 3.69. The lowest BCUT2D eigenvalue weighted by Gasteiger charge is -2.12. The number of thiazole rings is 1. The van der Waals surface area contributed by atoms with E-state index in [1.165, 1.54) is 17.7 Å². The maximum Gasteiger partial charge on any atom is 0.263 e. The molecule has 0 aliphatic rings. The first-order valence-corrected chi connectivity index (χ1v) is 6.02. The topological polar surface area (TPSA) is 72.7 Å². The number of carbonyl (C=O) groups is 1. The maximum absolute atomic E-state index is 11.9. The van der Waals surface area contributed by atoms with E-state index in [2.05, 4.69) is 20.4 Å². The molecule has 17 heavy (non-hydrogen) atoms. The van der Waals surface area contributed by atoms with Crippen molar-refractivity contribution in [1.29, 1.82) is 0 Å². The summed E-state index contributed by atoms with van der Waals surface area (Å²) >= 11 is 1.34. The van der Waals surface area contributed by atoms with E-state index in [1.807, 2.05) is 13.8 Å². The van der Waals surface area contributed by atoms with Crippen LogP contribution in [0.25, 0.3) is 0 Å². The second-order valence-corrected chi connectivity index (χ2v) is 4.56. The van der Waals surface area contributed by atoms with Gasteiger partial charge in [0.15, 0.2) is 0 Å². The van der Waals surface area contributed by atoms with Gasteiger partial charge in [0.05, 0.1) is 17.2 Å². The predicted octanol–water partition coefficient (Wildman–Crippen LogP) is 1.07. The van der Waals surface area contributed by atoms with E-state index >= 15 is 0 Å². The van der Waals surface area contributed by atoms with Crippen LogP contribution in [0.1, 0.15) is 34.2 Å². The second-order valence-electron chi connectivity index (χ2n) is 3.70. The molecule has 0 radical (unpaired) electrons. The fourth-order valence-electron chi connectivity index (χ4n) is 1.54. The van der Waals surface area contributed by atoms with Gasteiger partial charge in [0.1, 0.15) is 17.0 Å². The van der Waals surface area contributed by atoms with Crippen molar-refractivity contribution in [3.8, 4) is 0 Å². The predicted molar refractivity (Wildman–Crippen MR) is 63.7 cm³/mol. The Labute approximate surface area is 103 Å². The molecule has 0 fully saturated rings. The van der Waals surface area contributed by atoms with Gasteiger partial charge in [-0.2, -0.15) is 5.10 Å². The Balaban J connectivity index is 2.10. The molecule has 1 N–H and O–H groups in total. The fraction of sp³-hybridized carbons (Fsp3) is 0.400. The minimum Gasteiger partial charge on any atom is -0.342 e. The summed E-state index contributed by atoms with van der Waals surface area (Å²) in [6.07, 6.45) is 1.47. The summed E-state index contributed by atoms with van der Waals surface area (Å²) in [5, 5.41) is 6.84. The highest BCUT2D eigenvalue weighted by atomic mass is 32.1. The van der Waals surface area contributed by atoms with Gasteiger partial charge in [-0.1, -0.05) is 0 Å². The Morgan fingerprint density at radius 3 is 2.82 bits per heavy atom. The maximum atomic E-state index is 11.9. The number of aromatic nitrogens is 4. The van der Waals surface area contributed by atoms with E-state index < -0.39 is 0 Å². The molecule has 0 aromatic carbocycles. The summed E-state index contributed by atoms with van der Waals surface area (Å²) in [5.74, 6) is 0.598. The van der Waals surface area contributed by atoms with Crippen LogP contribution < -0.4 is 5.32 Å². The Kier molecular flexibility index (Phi) is 3.19. The highest BCUT2D eigenvalue weighted by Crippen LogP contribution is 2.14. The molecule has 90 valence electrons. The van der Waals surface area contributed by atoms with Crippen LogP contribution in [0.4, 0.5) is 0 Å². The minimum atomic E-state index is -0.184. The van der Waals surface area contributed by atoms with E-state index in [-0.39, 0.29) is 11.9 Å². The summed E-state index contributed by atoms with van der Waals surface area (Å²) in [4.78, 5) is 20.7. The first-order valence-electron chi connectivity index (χ1n) is 5.14. The molecule has 0 spiro atoms. The number of aryl methyl sites for hydroxylation is 2. The average Bonchev–Trinajstić information content (AvgIpc) is 2.86. The second kappa shape index (κ2) is 4.62. The molecule has 2 aromatic rings. The van der Waals surface area contributed by atoms with Crippen molar-refractivity contribution in [2.24, 2.45) is 7.05 Å². The van der Waals surface area contributed by atoms with Crippen LogP contribution in [-0.4, -0.2) is 25.7 Å². The van der Waals surface area contributed by atoms with Crippen molar-refractivity contribution < 1.29 is 4.79 Å². The van der Waals surface area contributed by atoms with Crippen molar-refractivity contribution in [3.05, 3.63) is 28.2 Å². The van der Waals surface area contributed by atoms with Crippen LogP contribution in [0, 0.1) is 6.92 Å². The number of amides is 1. The molecule has 0 saturated carbocycles. The summed E-state index contributed by atoms with van der Waals surface area (Å²) in [7, 11) is 1.79. The molecule has 2 aromatic heterocycles. The standard InChI is InChI=1S/C10H13N5OS/c1-6-8(17-5-12-6)10(16)14-7(2)9-11-4-13-15(9)3/h4-5,7H,1-3H3,(H,14,16). The Hall–Kier alpha value is -1.76. The van der Waals surface area contributed by atoms with Crippen LogP contribution in [0.5, 0.6) is 0 Å². The van der Waals surface area contributed by atoms with E-state index in [4.69, 9.17) is 0 Å². The van der Waals surface area contributed by atoms with Crippen LogP contribution in [-0.2, 0) is 7.05 Å². The smallest absolute Gasteiger partial charge is 0.263 e. The molecule has 2 heterocycles. The lowest BCUT2D eigenvalue weighted by Crippen LogP contribution is -2.28. The van der Waals surface area contributed by atoms with Gasteiger partial charge in [-0.15, -0.1) is 11.3 Å². The lowest BCUT2D eigenvalue weighted by molar-refractivity contribution is 0.0941. The number of hydrogen-bond donors (Lipinski definition) is 1. The number of hydrogen-bond acceptors (Lipinski definition) is 5. The Bertz CT molecular complexity index is 532. The third kappa shape index (κ3) is 2.33. The zero-order valence-corrected chi connectivity index (χ0v) is 10.7. The number of carbonyl (C=O) groups excluding carboxylic acids is 1. The van der Waals surface area contributed by atoms with E-state index in [1.54, 1.807) is 17.2 Å². The first-order chi connectivity index (χ1) is 8.09. The van der Waals surface area contributed by atoms with Gasteiger partial charge in [0.25, 0.3) is 5.91 Å². The number of nitrogens with one attached hydrogen (secondary N) is 1. The number of nitrogens with zero attached hydrogens (tertiary/aromatic N) is 4. The molecule has 1 unspecified atom stereocenters.